The summed E-state index contributed by atoms with van der Waals surface area (Å²) < 4.78 is 10.6. The van der Waals surface area contributed by atoms with Crippen LogP contribution in [-0.2, 0) is 6.54 Å². The van der Waals surface area contributed by atoms with Crippen molar-refractivity contribution in [1.82, 2.24) is 5.32 Å². The predicted molar refractivity (Wildman–Crippen MR) is 106 cm³/mol. The fourth-order valence-corrected chi connectivity index (χ4v) is 3.68. The summed E-state index contributed by atoms with van der Waals surface area (Å²) in [6.07, 6.45) is 3.66. The van der Waals surface area contributed by atoms with E-state index in [2.05, 4.69) is 15.5 Å². The fourth-order valence-electron chi connectivity index (χ4n) is 3.38. The number of carbonyl (C=O) groups is 1. The van der Waals surface area contributed by atoms with Crippen LogP contribution < -0.4 is 25.0 Å². The van der Waals surface area contributed by atoms with Crippen LogP contribution in [0.25, 0.3) is 0 Å². The molecule has 142 valence electrons. The molecular formula is C20H22ClN3O3. The Bertz CT molecular complexity index is 837. The second-order valence-corrected chi connectivity index (χ2v) is 7.12. The van der Waals surface area contributed by atoms with Gasteiger partial charge in [0, 0.05) is 25.3 Å². The molecule has 0 bridgehead atoms. The smallest absolute Gasteiger partial charge is 0.319 e. The molecule has 6 nitrogen and oxygen atoms in total. The maximum atomic E-state index is 12.2. The Morgan fingerprint density at radius 1 is 1.04 bits per heavy atom. The molecule has 2 amide bonds. The molecule has 0 aromatic heterocycles. The maximum absolute atomic E-state index is 12.2. The first-order valence-corrected chi connectivity index (χ1v) is 9.55. The van der Waals surface area contributed by atoms with Crippen LogP contribution in [0.4, 0.5) is 16.2 Å². The molecule has 0 spiro atoms. The van der Waals surface area contributed by atoms with Gasteiger partial charge < -0.3 is 25.0 Å². The number of anilines is 2. The molecule has 1 saturated heterocycles. The number of hydrogen-bond donors (Lipinski definition) is 2. The Labute approximate surface area is 163 Å². The third-order valence-electron chi connectivity index (χ3n) is 4.79. The van der Waals surface area contributed by atoms with E-state index in [9.17, 15) is 4.79 Å². The van der Waals surface area contributed by atoms with E-state index in [4.69, 9.17) is 21.1 Å². The first kappa shape index (κ1) is 17.8. The van der Waals surface area contributed by atoms with Crippen LogP contribution in [0.15, 0.2) is 36.4 Å². The Kier molecular flexibility index (Phi) is 5.25. The molecule has 0 aliphatic carbocycles. The second-order valence-electron chi connectivity index (χ2n) is 6.71. The number of hydrogen-bond acceptors (Lipinski definition) is 4. The number of amides is 2. The third-order valence-corrected chi connectivity index (χ3v) is 5.10. The Balaban J connectivity index is 1.33. The van der Waals surface area contributed by atoms with Gasteiger partial charge in [-0.2, -0.15) is 0 Å². The van der Waals surface area contributed by atoms with Crippen LogP contribution in [0, 0.1) is 0 Å². The van der Waals surface area contributed by atoms with E-state index >= 15 is 0 Å². The topological polar surface area (TPSA) is 62.8 Å². The lowest BCUT2D eigenvalue weighted by Crippen LogP contribution is -2.30. The van der Waals surface area contributed by atoms with Crippen LogP contribution in [0.3, 0.4) is 0 Å². The Morgan fingerprint density at radius 2 is 1.85 bits per heavy atom. The lowest BCUT2D eigenvalue weighted by atomic mass is 10.1. The molecule has 0 atom stereocenters. The summed E-state index contributed by atoms with van der Waals surface area (Å²) >= 11 is 6.43. The minimum Gasteiger partial charge on any atom is -0.454 e. The monoisotopic (exact) mass is 387 g/mol. The van der Waals surface area contributed by atoms with E-state index in [1.807, 2.05) is 30.3 Å². The first-order valence-electron chi connectivity index (χ1n) is 9.17. The highest BCUT2D eigenvalue weighted by Crippen LogP contribution is 2.33. The molecular weight excluding hydrogens is 366 g/mol. The van der Waals surface area contributed by atoms with E-state index in [-0.39, 0.29) is 12.8 Å². The highest BCUT2D eigenvalue weighted by atomic mass is 35.5. The number of nitrogens with one attached hydrogen (secondary N) is 2. The highest BCUT2D eigenvalue weighted by Gasteiger charge is 2.15. The zero-order valence-electron chi connectivity index (χ0n) is 15.0. The summed E-state index contributed by atoms with van der Waals surface area (Å²) in [4.78, 5) is 14.5. The molecule has 2 aliphatic heterocycles. The Hall–Kier alpha value is -2.60. The van der Waals surface area contributed by atoms with E-state index in [0.717, 1.165) is 30.1 Å². The minimum atomic E-state index is -0.283. The standard InChI is InChI=1S/C20H22ClN3O3/c21-16-11-15(5-6-17(16)24-8-2-1-3-9-24)23-20(25)22-12-14-4-7-18-19(10-14)27-13-26-18/h4-7,10-11H,1-3,8-9,12-13H2,(H2,22,23,25). The van der Waals surface area contributed by atoms with Crippen molar-refractivity contribution in [3.05, 3.63) is 47.0 Å². The van der Waals surface area contributed by atoms with Gasteiger partial charge in [0.15, 0.2) is 11.5 Å². The van der Waals surface area contributed by atoms with E-state index in [1.54, 1.807) is 6.07 Å². The zero-order chi connectivity index (χ0) is 18.6. The van der Waals surface area contributed by atoms with E-state index in [0.29, 0.717) is 23.0 Å². The molecule has 2 aromatic carbocycles. The number of ether oxygens (including phenoxy) is 2. The molecule has 0 unspecified atom stereocenters. The van der Waals surface area contributed by atoms with Crippen molar-refractivity contribution in [1.29, 1.82) is 0 Å². The van der Waals surface area contributed by atoms with Gasteiger partial charge in [0.1, 0.15) is 0 Å². The summed E-state index contributed by atoms with van der Waals surface area (Å²) in [5.74, 6) is 1.43. The number of halogens is 1. The van der Waals surface area contributed by atoms with Gasteiger partial charge in [-0.1, -0.05) is 17.7 Å². The number of fused-ring (bicyclic) bond motifs is 1. The lowest BCUT2D eigenvalue weighted by molar-refractivity contribution is 0.174. The van der Waals surface area contributed by atoms with Crippen molar-refractivity contribution in [3.63, 3.8) is 0 Å². The number of rotatable bonds is 4. The average molecular weight is 388 g/mol. The number of nitrogens with zero attached hydrogens (tertiary/aromatic N) is 1. The van der Waals surface area contributed by atoms with Crippen molar-refractivity contribution in [3.8, 4) is 11.5 Å². The molecule has 0 radical (unpaired) electrons. The fraction of sp³-hybridized carbons (Fsp3) is 0.350. The summed E-state index contributed by atoms with van der Waals surface area (Å²) in [7, 11) is 0. The summed E-state index contributed by atoms with van der Waals surface area (Å²) in [5.41, 5.74) is 2.64. The average Bonchev–Trinajstić information content (AvgIpc) is 3.15. The normalized spacial score (nSPS) is 15.5. The lowest BCUT2D eigenvalue weighted by Gasteiger charge is -2.29. The molecule has 2 N–H and O–H groups in total. The van der Waals surface area contributed by atoms with E-state index < -0.39 is 0 Å². The molecule has 7 heteroatoms. The molecule has 2 heterocycles. The molecule has 2 aromatic rings. The van der Waals surface area contributed by atoms with Gasteiger partial charge in [-0.05, 0) is 55.2 Å². The molecule has 4 rings (SSSR count). The number of carbonyl (C=O) groups excluding carboxylic acids is 1. The number of urea groups is 1. The van der Waals surface area contributed by atoms with Gasteiger partial charge in [-0.25, -0.2) is 4.79 Å². The molecule has 27 heavy (non-hydrogen) atoms. The first-order chi connectivity index (χ1) is 13.2. The van der Waals surface area contributed by atoms with Gasteiger partial charge in [0.2, 0.25) is 6.79 Å². The largest absolute Gasteiger partial charge is 0.454 e. The number of benzene rings is 2. The van der Waals surface area contributed by atoms with Gasteiger partial charge in [0.25, 0.3) is 0 Å². The van der Waals surface area contributed by atoms with Gasteiger partial charge >= 0.3 is 6.03 Å². The van der Waals surface area contributed by atoms with Gasteiger partial charge in [-0.3, -0.25) is 0 Å². The minimum absolute atomic E-state index is 0.237. The zero-order valence-corrected chi connectivity index (χ0v) is 15.7. The quantitative estimate of drug-likeness (QED) is 0.817. The molecule has 2 aliphatic rings. The van der Waals surface area contributed by atoms with Crippen LogP contribution in [0.1, 0.15) is 24.8 Å². The third kappa shape index (κ3) is 4.22. The van der Waals surface area contributed by atoms with Crippen LogP contribution in [0.2, 0.25) is 5.02 Å². The van der Waals surface area contributed by atoms with Crippen molar-refractivity contribution >= 4 is 29.0 Å². The highest BCUT2D eigenvalue weighted by molar-refractivity contribution is 6.33. The SMILES string of the molecule is O=C(NCc1ccc2c(c1)OCO2)Nc1ccc(N2CCCCC2)c(Cl)c1. The number of piperidine rings is 1. The van der Waals surface area contributed by atoms with Crippen molar-refractivity contribution in [2.45, 2.75) is 25.8 Å². The van der Waals surface area contributed by atoms with Crippen LogP contribution >= 0.6 is 11.6 Å². The van der Waals surface area contributed by atoms with Crippen molar-refractivity contribution in [2.24, 2.45) is 0 Å². The van der Waals surface area contributed by atoms with Crippen LogP contribution in [-0.4, -0.2) is 25.9 Å². The summed E-state index contributed by atoms with van der Waals surface area (Å²) in [6.45, 7) is 2.69. The van der Waals surface area contributed by atoms with Gasteiger partial charge in [-0.15, -0.1) is 0 Å². The molecule has 1 fully saturated rings. The summed E-state index contributed by atoms with van der Waals surface area (Å²) in [5, 5.41) is 6.32. The predicted octanol–water partition coefficient (Wildman–Crippen LogP) is 4.38. The van der Waals surface area contributed by atoms with Crippen LogP contribution in [0.5, 0.6) is 11.5 Å². The second kappa shape index (κ2) is 7.96. The Morgan fingerprint density at radius 3 is 2.67 bits per heavy atom. The van der Waals surface area contributed by atoms with E-state index in [1.165, 1.54) is 19.3 Å². The van der Waals surface area contributed by atoms with Gasteiger partial charge in [0.05, 0.1) is 10.7 Å². The van der Waals surface area contributed by atoms with Crippen molar-refractivity contribution in [2.75, 3.05) is 30.1 Å². The molecule has 0 saturated carbocycles. The van der Waals surface area contributed by atoms with Crippen molar-refractivity contribution < 1.29 is 14.3 Å². The summed E-state index contributed by atoms with van der Waals surface area (Å²) in [6, 6.07) is 11.0. The maximum Gasteiger partial charge on any atom is 0.319 e.